The fourth-order valence-corrected chi connectivity index (χ4v) is 1.60. The van der Waals surface area contributed by atoms with E-state index in [1.54, 1.807) is 11.9 Å². The van der Waals surface area contributed by atoms with Gasteiger partial charge in [0.05, 0.1) is 6.61 Å². The Morgan fingerprint density at radius 3 is 2.67 bits per heavy atom. The fraction of sp³-hybridized carbons (Fsp3) is 0.500. The van der Waals surface area contributed by atoms with Crippen molar-refractivity contribution in [2.45, 2.75) is 13.3 Å². The number of para-hydroxylation sites is 1. The molecular formula is C14H22N2O2. The summed E-state index contributed by atoms with van der Waals surface area (Å²) in [5.41, 5.74) is 5.47. The zero-order valence-electron chi connectivity index (χ0n) is 11.1. The number of hydrogen-bond acceptors (Lipinski definition) is 3. The summed E-state index contributed by atoms with van der Waals surface area (Å²) in [6.07, 6.45) is 0.814. The van der Waals surface area contributed by atoms with Gasteiger partial charge in [-0.15, -0.1) is 0 Å². The zero-order chi connectivity index (χ0) is 13.4. The van der Waals surface area contributed by atoms with Gasteiger partial charge >= 0.3 is 0 Å². The van der Waals surface area contributed by atoms with Gasteiger partial charge in [0, 0.05) is 26.1 Å². The molecule has 1 aromatic rings. The van der Waals surface area contributed by atoms with Gasteiger partial charge in [0.2, 0.25) is 5.91 Å². The summed E-state index contributed by atoms with van der Waals surface area (Å²) >= 11 is 0. The summed E-state index contributed by atoms with van der Waals surface area (Å²) in [6.45, 7) is 3.54. The molecule has 0 radical (unpaired) electrons. The highest BCUT2D eigenvalue weighted by molar-refractivity contribution is 5.78. The maximum absolute atomic E-state index is 11.7. The van der Waals surface area contributed by atoms with Crippen molar-refractivity contribution in [1.29, 1.82) is 0 Å². The average molecular weight is 250 g/mol. The molecule has 100 valence electrons. The minimum atomic E-state index is -0.106. The molecule has 18 heavy (non-hydrogen) atoms. The molecule has 1 atom stereocenters. The van der Waals surface area contributed by atoms with E-state index >= 15 is 0 Å². The summed E-state index contributed by atoms with van der Waals surface area (Å²) in [6, 6.07) is 9.67. The Morgan fingerprint density at radius 2 is 2.06 bits per heavy atom. The number of carbonyl (C=O) groups is 1. The van der Waals surface area contributed by atoms with Crippen LogP contribution in [0.15, 0.2) is 30.3 Å². The Balaban J connectivity index is 2.20. The second kappa shape index (κ2) is 7.71. The molecule has 4 heteroatoms. The smallest absolute Gasteiger partial charge is 0.226 e. The topological polar surface area (TPSA) is 55.6 Å². The van der Waals surface area contributed by atoms with E-state index in [1.165, 1.54) is 0 Å². The number of ether oxygens (including phenoxy) is 1. The molecule has 0 bridgehead atoms. The minimum absolute atomic E-state index is 0.0946. The Kier molecular flexibility index (Phi) is 6.22. The SMILES string of the molecule is CC(CN)C(=O)N(C)CCCOc1ccccc1. The molecule has 0 fully saturated rings. The highest BCUT2D eigenvalue weighted by Gasteiger charge is 2.15. The van der Waals surface area contributed by atoms with Crippen molar-refractivity contribution in [3.8, 4) is 5.75 Å². The number of rotatable bonds is 7. The van der Waals surface area contributed by atoms with Crippen molar-refractivity contribution >= 4 is 5.91 Å². The summed E-state index contributed by atoms with van der Waals surface area (Å²) in [5.74, 6) is 0.851. The van der Waals surface area contributed by atoms with Crippen LogP contribution in [0.5, 0.6) is 5.75 Å². The zero-order valence-corrected chi connectivity index (χ0v) is 11.1. The lowest BCUT2D eigenvalue weighted by Crippen LogP contribution is -2.36. The molecule has 1 unspecified atom stereocenters. The average Bonchev–Trinajstić information content (AvgIpc) is 2.42. The monoisotopic (exact) mass is 250 g/mol. The second-order valence-electron chi connectivity index (χ2n) is 4.41. The van der Waals surface area contributed by atoms with E-state index in [1.807, 2.05) is 37.3 Å². The van der Waals surface area contributed by atoms with Gasteiger partial charge in [0.25, 0.3) is 0 Å². The maximum Gasteiger partial charge on any atom is 0.226 e. The predicted molar refractivity (Wildman–Crippen MR) is 72.4 cm³/mol. The Morgan fingerprint density at radius 1 is 1.39 bits per heavy atom. The molecule has 0 aromatic heterocycles. The van der Waals surface area contributed by atoms with E-state index in [-0.39, 0.29) is 11.8 Å². The first-order valence-electron chi connectivity index (χ1n) is 6.28. The van der Waals surface area contributed by atoms with Crippen molar-refractivity contribution in [2.75, 3.05) is 26.7 Å². The van der Waals surface area contributed by atoms with Crippen LogP contribution in [0.3, 0.4) is 0 Å². The Hall–Kier alpha value is -1.55. The van der Waals surface area contributed by atoms with Gasteiger partial charge in [0.1, 0.15) is 5.75 Å². The van der Waals surface area contributed by atoms with Crippen LogP contribution in [0, 0.1) is 5.92 Å². The molecule has 0 saturated heterocycles. The van der Waals surface area contributed by atoms with Crippen molar-refractivity contribution in [3.05, 3.63) is 30.3 Å². The van der Waals surface area contributed by atoms with Crippen LogP contribution in [-0.4, -0.2) is 37.6 Å². The fourth-order valence-electron chi connectivity index (χ4n) is 1.60. The van der Waals surface area contributed by atoms with Gasteiger partial charge < -0.3 is 15.4 Å². The molecule has 0 aliphatic rings. The highest BCUT2D eigenvalue weighted by Crippen LogP contribution is 2.08. The third-order valence-corrected chi connectivity index (χ3v) is 2.80. The van der Waals surface area contributed by atoms with Crippen LogP contribution in [0.2, 0.25) is 0 Å². The molecule has 0 heterocycles. The molecule has 0 aliphatic carbocycles. The van der Waals surface area contributed by atoms with Crippen molar-refractivity contribution in [1.82, 2.24) is 4.90 Å². The van der Waals surface area contributed by atoms with Gasteiger partial charge in [-0.1, -0.05) is 25.1 Å². The third kappa shape index (κ3) is 4.75. The Labute approximate surface area is 109 Å². The van der Waals surface area contributed by atoms with Crippen LogP contribution in [0.1, 0.15) is 13.3 Å². The summed E-state index contributed by atoms with van der Waals surface area (Å²) < 4.78 is 5.56. The minimum Gasteiger partial charge on any atom is -0.494 e. The first kappa shape index (κ1) is 14.5. The lowest BCUT2D eigenvalue weighted by Gasteiger charge is -2.20. The lowest BCUT2D eigenvalue weighted by molar-refractivity contribution is -0.133. The van der Waals surface area contributed by atoms with Gasteiger partial charge in [-0.3, -0.25) is 4.79 Å². The van der Waals surface area contributed by atoms with E-state index in [9.17, 15) is 4.79 Å². The van der Waals surface area contributed by atoms with E-state index in [0.29, 0.717) is 19.7 Å². The predicted octanol–water partition coefficient (Wildman–Crippen LogP) is 1.51. The van der Waals surface area contributed by atoms with Crippen LogP contribution in [0.4, 0.5) is 0 Å². The van der Waals surface area contributed by atoms with Gasteiger partial charge in [-0.05, 0) is 18.6 Å². The van der Waals surface area contributed by atoms with E-state index < -0.39 is 0 Å². The summed E-state index contributed by atoms with van der Waals surface area (Å²) in [4.78, 5) is 13.5. The number of carbonyl (C=O) groups excluding carboxylic acids is 1. The molecule has 0 saturated carbocycles. The standard InChI is InChI=1S/C14H22N2O2/c1-12(11-15)14(17)16(2)9-6-10-18-13-7-4-3-5-8-13/h3-5,7-8,12H,6,9-11,15H2,1-2H3. The quantitative estimate of drug-likeness (QED) is 0.746. The van der Waals surface area contributed by atoms with Crippen molar-refractivity contribution < 1.29 is 9.53 Å². The third-order valence-electron chi connectivity index (χ3n) is 2.80. The van der Waals surface area contributed by atoms with E-state index in [2.05, 4.69) is 0 Å². The first-order valence-corrected chi connectivity index (χ1v) is 6.28. The van der Waals surface area contributed by atoms with Gasteiger partial charge in [-0.25, -0.2) is 0 Å². The normalized spacial score (nSPS) is 11.9. The van der Waals surface area contributed by atoms with E-state index in [0.717, 1.165) is 12.2 Å². The van der Waals surface area contributed by atoms with E-state index in [4.69, 9.17) is 10.5 Å². The number of nitrogens with zero attached hydrogens (tertiary/aromatic N) is 1. The number of hydrogen-bond donors (Lipinski definition) is 1. The molecule has 1 rings (SSSR count). The Bertz CT molecular complexity index is 354. The maximum atomic E-state index is 11.7. The highest BCUT2D eigenvalue weighted by atomic mass is 16.5. The van der Waals surface area contributed by atoms with Crippen LogP contribution in [-0.2, 0) is 4.79 Å². The number of amides is 1. The molecular weight excluding hydrogens is 228 g/mol. The number of benzene rings is 1. The number of nitrogens with two attached hydrogens (primary N) is 1. The van der Waals surface area contributed by atoms with Crippen LogP contribution in [0.25, 0.3) is 0 Å². The molecule has 1 aromatic carbocycles. The van der Waals surface area contributed by atoms with Gasteiger partial charge in [-0.2, -0.15) is 0 Å². The van der Waals surface area contributed by atoms with Crippen molar-refractivity contribution in [3.63, 3.8) is 0 Å². The lowest BCUT2D eigenvalue weighted by atomic mass is 10.1. The van der Waals surface area contributed by atoms with Gasteiger partial charge in [0.15, 0.2) is 0 Å². The summed E-state index contributed by atoms with van der Waals surface area (Å²) in [5, 5.41) is 0. The first-order chi connectivity index (χ1) is 8.65. The molecule has 2 N–H and O–H groups in total. The molecule has 1 amide bonds. The van der Waals surface area contributed by atoms with Crippen LogP contribution < -0.4 is 10.5 Å². The second-order valence-corrected chi connectivity index (χ2v) is 4.41. The van der Waals surface area contributed by atoms with Crippen LogP contribution >= 0.6 is 0 Å². The van der Waals surface area contributed by atoms with Crippen molar-refractivity contribution in [2.24, 2.45) is 11.7 Å². The molecule has 0 spiro atoms. The largest absolute Gasteiger partial charge is 0.494 e. The molecule has 0 aliphatic heterocycles. The molecule has 4 nitrogen and oxygen atoms in total. The summed E-state index contributed by atoms with van der Waals surface area (Å²) in [7, 11) is 1.80.